The highest BCUT2D eigenvalue weighted by atomic mass is 19.4. The van der Waals surface area contributed by atoms with E-state index >= 15 is 0 Å². The van der Waals surface area contributed by atoms with E-state index in [4.69, 9.17) is 5.73 Å². The van der Waals surface area contributed by atoms with Crippen molar-refractivity contribution in [1.29, 1.82) is 0 Å². The first kappa shape index (κ1) is 15.0. The van der Waals surface area contributed by atoms with Crippen molar-refractivity contribution in [3.63, 3.8) is 0 Å². The number of rotatable bonds is 3. The summed E-state index contributed by atoms with van der Waals surface area (Å²) in [7, 11) is 0. The summed E-state index contributed by atoms with van der Waals surface area (Å²) in [4.78, 5) is 0. The number of alkyl halides is 3. The van der Waals surface area contributed by atoms with Crippen LogP contribution in [0.15, 0.2) is 18.2 Å². The van der Waals surface area contributed by atoms with Crippen molar-refractivity contribution in [1.82, 2.24) is 0 Å². The largest absolute Gasteiger partial charge is 0.416 e. The van der Waals surface area contributed by atoms with Crippen LogP contribution >= 0.6 is 0 Å². The summed E-state index contributed by atoms with van der Waals surface area (Å²) in [5.74, 6) is 0.574. The Labute approximate surface area is 117 Å². The molecule has 20 heavy (non-hydrogen) atoms. The van der Waals surface area contributed by atoms with Gasteiger partial charge in [-0.25, -0.2) is 0 Å². The minimum atomic E-state index is -4.35. The van der Waals surface area contributed by atoms with Gasteiger partial charge in [0.25, 0.3) is 0 Å². The van der Waals surface area contributed by atoms with Crippen molar-refractivity contribution in [2.24, 2.45) is 5.92 Å². The number of nitrogens with two attached hydrogens (primary N) is 1. The van der Waals surface area contributed by atoms with E-state index < -0.39 is 11.7 Å². The van der Waals surface area contributed by atoms with Gasteiger partial charge in [0.15, 0.2) is 0 Å². The minimum Gasteiger partial charge on any atom is -0.397 e. The van der Waals surface area contributed by atoms with E-state index in [0.717, 1.165) is 12.1 Å². The lowest BCUT2D eigenvalue weighted by molar-refractivity contribution is -0.137. The second-order valence-corrected chi connectivity index (χ2v) is 5.63. The zero-order valence-corrected chi connectivity index (χ0v) is 11.6. The molecular formula is C15H21F3N2. The van der Waals surface area contributed by atoms with E-state index in [1.54, 1.807) is 0 Å². The molecule has 1 aliphatic rings. The van der Waals surface area contributed by atoms with Gasteiger partial charge in [0.2, 0.25) is 0 Å². The van der Waals surface area contributed by atoms with Gasteiger partial charge in [-0.15, -0.1) is 0 Å². The predicted molar refractivity (Wildman–Crippen MR) is 75.5 cm³/mol. The number of hydrogen-bond donors (Lipinski definition) is 2. The molecule has 2 rings (SSSR count). The molecule has 0 aromatic heterocycles. The average molecular weight is 286 g/mol. The highest BCUT2D eigenvalue weighted by molar-refractivity contribution is 5.67. The van der Waals surface area contributed by atoms with Gasteiger partial charge in [-0.3, -0.25) is 0 Å². The third-order valence-corrected chi connectivity index (χ3v) is 4.12. The maximum absolute atomic E-state index is 12.6. The van der Waals surface area contributed by atoms with Gasteiger partial charge in [-0.1, -0.05) is 19.3 Å². The molecule has 1 unspecified atom stereocenters. The molecule has 0 spiro atoms. The molecule has 0 radical (unpaired) electrons. The van der Waals surface area contributed by atoms with Crippen LogP contribution in [0, 0.1) is 5.92 Å². The number of anilines is 2. The number of hydrogen-bond acceptors (Lipinski definition) is 2. The fourth-order valence-electron chi connectivity index (χ4n) is 2.87. The average Bonchev–Trinajstić information content (AvgIpc) is 2.41. The van der Waals surface area contributed by atoms with Crippen LogP contribution in [0.25, 0.3) is 0 Å². The predicted octanol–water partition coefficient (Wildman–Crippen LogP) is 4.67. The van der Waals surface area contributed by atoms with Crippen LogP contribution in [0.1, 0.15) is 44.6 Å². The number of nitrogens with one attached hydrogen (secondary N) is 1. The summed E-state index contributed by atoms with van der Waals surface area (Å²) in [6.45, 7) is 2.08. The van der Waals surface area contributed by atoms with Crippen molar-refractivity contribution >= 4 is 11.4 Å². The van der Waals surface area contributed by atoms with Crippen molar-refractivity contribution in [3.8, 4) is 0 Å². The summed E-state index contributed by atoms with van der Waals surface area (Å²) in [6, 6.07) is 3.73. The molecule has 2 nitrogen and oxygen atoms in total. The molecule has 0 bridgehead atoms. The van der Waals surface area contributed by atoms with Crippen LogP contribution in [0.5, 0.6) is 0 Å². The fraction of sp³-hybridized carbons (Fsp3) is 0.600. The van der Waals surface area contributed by atoms with Crippen LogP contribution in [-0.2, 0) is 6.18 Å². The van der Waals surface area contributed by atoms with E-state index in [2.05, 4.69) is 12.2 Å². The Morgan fingerprint density at radius 2 is 1.85 bits per heavy atom. The van der Waals surface area contributed by atoms with E-state index in [-0.39, 0.29) is 11.7 Å². The smallest absolute Gasteiger partial charge is 0.397 e. The quantitative estimate of drug-likeness (QED) is 0.792. The maximum atomic E-state index is 12.6. The van der Waals surface area contributed by atoms with Crippen LogP contribution in [0.3, 0.4) is 0 Å². The van der Waals surface area contributed by atoms with Gasteiger partial charge in [0.1, 0.15) is 0 Å². The number of benzene rings is 1. The monoisotopic (exact) mass is 286 g/mol. The zero-order valence-electron chi connectivity index (χ0n) is 11.6. The van der Waals surface area contributed by atoms with E-state index in [9.17, 15) is 13.2 Å². The second kappa shape index (κ2) is 5.94. The van der Waals surface area contributed by atoms with Gasteiger partial charge in [-0.05, 0) is 43.9 Å². The van der Waals surface area contributed by atoms with Crippen molar-refractivity contribution in [2.75, 3.05) is 11.1 Å². The normalized spacial score (nSPS) is 18.8. The van der Waals surface area contributed by atoms with Gasteiger partial charge >= 0.3 is 6.18 Å². The Kier molecular flexibility index (Phi) is 4.45. The SMILES string of the molecule is CC(Nc1ccc(C(F)(F)F)cc1N)C1CCCCC1. The van der Waals surface area contributed by atoms with Crippen LogP contribution in [0.4, 0.5) is 24.5 Å². The highest BCUT2D eigenvalue weighted by Gasteiger charge is 2.31. The fourth-order valence-corrected chi connectivity index (χ4v) is 2.87. The molecule has 5 heteroatoms. The lowest BCUT2D eigenvalue weighted by atomic mass is 9.84. The first-order chi connectivity index (χ1) is 9.38. The van der Waals surface area contributed by atoms with Gasteiger partial charge in [0.05, 0.1) is 16.9 Å². The summed E-state index contributed by atoms with van der Waals surface area (Å²) < 4.78 is 37.7. The second-order valence-electron chi connectivity index (χ2n) is 5.63. The molecular weight excluding hydrogens is 265 g/mol. The molecule has 1 fully saturated rings. The standard InChI is InChI=1S/C15H21F3N2/c1-10(11-5-3-2-4-6-11)20-14-8-7-12(9-13(14)19)15(16,17)18/h7-11,20H,2-6,19H2,1H3. The molecule has 112 valence electrons. The van der Waals surface area contributed by atoms with Gasteiger partial charge < -0.3 is 11.1 Å². The first-order valence-corrected chi connectivity index (χ1v) is 7.11. The van der Waals surface area contributed by atoms with E-state index in [1.807, 2.05) is 0 Å². The number of nitrogen functional groups attached to an aromatic ring is 1. The van der Waals surface area contributed by atoms with Crippen LogP contribution in [0.2, 0.25) is 0 Å². The Bertz CT molecular complexity index is 451. The van der Waals surface area contributed by atoms with Crippen molar-refractivity contribution < 1.29 is 13.2 Å². The van der Waals surface area contributed by atoms with Gasteiger partial charge in [0, 0.05) is 6.04 Å². The Balaban J connectivity index is 2.05. The molecule has 0 saturated heterocycles. The van der Waals surface area contributed by atoms with E-state index in [0.29, 0.717) is 11.6 Å². The lowest BCUT2D eigenvalue weighted by Crippen LogP contribution is -2.28. The first-order valence-electron chi connectivity index (χ1n) is 7.11. The molecule has 1 aliphatic carbocycles. The molecule has 1 aromatic carbocycles. The van der Waals surface area contributed by atoms with E-state index in [1.165, 1.54) is 38.2 Å². The lowest BCUT2D eigenvalue weighted by Gasteiger charge is -2.29. The Morgan fingerprint density at radius 1 is 1.20 bits per heavy atom. The van der Waals surface area contributed by atoms with Gasteiger partial charge in [-0.2, -0.15) is 13.2 Å². The molecule has 3 N–H and O–H groups in total. The van der Waals surface area contributed by atoms with Crippen LogP contribution < -0.4 is 11.1 Å². The summed E-state index contributed by atoms with van der Waals surface area (Å²) >= 11 is 0. The summed E-state index contributed by atoms with van der Waals surface area (Å²) in [6.07, 6.45) is 1.76. The summed E-state index contributed by atoms with van der Waals surface area (Å²) in [5, 5.41) is 3.27. The van der Waals surface area contributed by atoms with Crippen molar-refractivity contribution in [2.45, 2.75) is 51.2 Å². The third-order valence-electron chi connectivity index (χ3n) is 4.12. The molecule has 0 amide bonds. The highest BCUT2D eigenvalue weighted by Crippen LogP contribution is 2.34. The third kappa shape index (κ3) is 3.58. The van der Waals surface area contributed by atoms with Crippen LogP contribution in [-0.4, -0.2) is 6.04 Å². The summed E-state index contributed by atoms with van der Waals surface area (Å²) in [5.41, 5.74) is 5.78. The number of halogens is 3. The molecule has 0 heterocycles. The molecule has 1 atom stereocenters. The zero-order chi connectivity index (χ0) is 14.8. The molecule has 1 saturated carbocycles. The molecule has 0 aliphatic heterocycles. The van der Waals surface area contributed by atoms with Crippen molar-refractivity contribution in [3.05, 3.63) is 23.8 Å². The maximum Gasteiger partial charge on any atom is 0.416 e. The topological polar surface area (TPSA) is 38.0 Å². The molecule has 1 aromatic rings. The Hall–Kier alpha value is -1.39. The minimum absolute atomic E-state index is 0.155. The Morgan fingerprint density at radius 3 is 2.40 bits per heavy atom.